The Balaban J connectivity index is 1.90. The van der Waals surface area contributed by atoms with Crippen molar-refractivity contribution in [1.29, 1.82) is 0 Å². The molecule has 0 aliphatic rings. The molecular weight excluding hydrogens is 333 g/mol. The van der Waals surface area contributed by atoms with Gasteiger partial charge in [-0.05, 0) is 19.1 Å². The fourth-order valence-electron chi connectivity index (χ4n) is 1.92. The normalized spacial score (nSPS) is 12.4. The maximum atomic E-state index is 11.9. The van der Waals surface area contributed by atoms with E-state index in [2.05, 4.69) is 10.4 Å². The molecule has 0 aliphatic heterocycles. The summed E-state index contributed by atoms with van der Waals surface area (Å²) in [7, 11) is 1.72. The average molecular weight is 348 g/mol. The minimum Gasteiger partial charge on any atom is -0.386 e. The Morgan fingerprint density at radius 1 is 1.52 bits per heavy atom. The number of nitrogens with zero attached hydrogens (tertiary/aromatic N) is 2. The van der Waals surface area contributed by atoms with E-state index in [1.54, 1.807) is 26.1 Å². The minimum atomic E-state index is -0.767. The van der Waals surface area contributed by atoms with Gasteiger partial charge in [0.1, 0.15) is 11.3 Å². The highest BCUT2D eigenvalue weighted by molar-refractivity contribution is 7.16. The first-order chi connectivity index (χ1) is 9.88. The zero-order valence-corrected chi connectivity index (χ0v) is 13.9. The summed E-state index contributed by atoms with van der Waals surface area (Å²) >= 11 is 13.2. The lowest BCUT2D eigenvalue weighted by molar-refractivity contribution is -0.120. The molecule has 2 N–H and O–H groups in total. The van der Waals surface area contributed by atoms with Gasteiger partial charge in [-0.1, -0.05) is 23.2 Å². The fourth-order valence-corrected chi connectivity index (χ4v) is 3.20. The second-order valence-electron chi connectivity index (χ2n) is 4.62. The van der Waals surface area contributed by atoms with Gasteiger partial charge in [0.15, 0.2) is 0 Å². The number of carbonyl (C=O) groups is 1. The molecule has 0 saturated heterocycles. The van der Waals surface area contributed by atoms with Gasteiger partial charge in [0.25, 0.3) is 0 Å². The Morgan fingerprint density at radius 3 is 2.76 bits per heavy atom. The molecule has 2 aromatic heterocycles. The summed E-state index contributed by atoms with van der Waals surface area (Å²) in [4.78, 5) is 12.6. The Morgan fingerprint density at radius 2 is 2.24 bits per heavy atom. The number of amides is 1. The number of thiophene rings is 1. The van der Waals surface area contributed by atoms with Crippen LogP contribution in [0.25, 0.3) is 0 Å². The topological polar surface area (TPSA) is 67.2 Å². The zero-order valence-electron chi connectivity index (χ0n) is 11.6. The van der Waals surface area contributed by atoms with Crippen LogP contribution in [-0.2, 0) is 18.3 Å². The van der Waals surface area contributed by atoms with Crippen LogP contribution in [0.3, 0.4) is 0 Å². The quantitative estimate of drug-likeness (QED) is 0.872. The third kappa shape index (κ3) is 3.97. The molecule has 2 aromatic rings. The van der Waals surface area contributed by atoms with Gasteiger partial charge in [-0.2, -0.15) is 5.10 Å². The second kappa shape index (κ2) is 6.79. The number of aliphatic hydroxyl groups excluding tert-OH is 1. The maximum absolute atomic E-state index is 11.9. The van der Waals surface area contributed by atoms with Crippen molar-refractivity contribution in [2.75, 3.05) is 6.54 Å². The summed E-state index contributed by atoms with van der Waals surface area (Å²) in [6.07, 6.45) is -0.631. The van der Waals surface area contributed by atoms with Crippen LogP contribution in [0, 0.1) is 6.92 Å². The van der Waals surface area contributed by atoms with Crippen molar-refractivity contribution in [3.8, 4) is 0 Å². The van der Waals surface area contributed by atoms with Crippen molar-refractivity contribution in [3.63, 3.8) is 0 Å². The lowest BCUT2D eigenvalue weighted by Gasteiger charge is -2.10. The Hall–Kier alpha value is -1.08. The van der Waals surface area contributed by atoms with Crippen LogP contribution < -0.4 is 5.32 Å². The van der Waals surface area contributed by atoms with Crippen LogP contribution in [0.4, 0.5) is 0 Å². The molecular formula is C13H15Cl2N3O2S. The SMILES string of the molecule is Cc1nn(C)c(Cl)c1CC(=O)NCC(O)c1ccc(Cl)s1. The molecule has 2 rings (SSSR count). The van der Waals surface area contributed by atoms with E-state index >= 15 is 0 Å². The highest BCUT2D eigenvalue weighted by Crippen LogP contribution is 2.26. The van der Waals surface area contributed by atoms with E-state index in [-0.39, 0.29) is 18.9 Å². The van der Waals surface area contributed by atoms with Crippen LogP contribution in [0.15, 0.2) is 12.1 Å². The van der Waals surface area contributed by atoms with Crippen LogP contribution in [0.2, 0.25) is 9.49 Å². The Bertz CT molecular complexity index is 654. The van der Waals surface area contributed by atoms with Crippen molar-refractivity contribution in [1.82, 2.24) is 15.1 Å². The summed E-state index contributed by atoms with van der Waals surface area (Å²) in [5.41, 5.74) is 1.42. The maximum Gasteiger partial charge on any atom is 0.224 e. The van der Waals surface area contributed by atoms with Gasteiger partial charge in [-0.25, -0.2) is 0 Å². The first-order valence-corrected chi connectivity index (χ1v) is 7.83. The summed E-state index contributed by atoms with van der Waals surface area (Å²) < 4.78 is 2.13. The van der Waals surface area contributed by atoms with Gasteiger partial charge in [-0.3, -0.25) is 9.48 Å². The van der Waals surface area contributed by atoms with Crippen molar-refractivity contribution < 1.29 is 9.90 Å². The molecule has 0 spiro atoms. The van der Waals surface area contributed by atoms with E-state index in [9.17, 15) is 9.90 Å². The van der Waals surface area contributed by atoms with Gasteiger partial charge in [0, 0.05) is 24.0 Å². The number of aromatic nitrogens is 2. The standard InChI is InChI=1S/C13H15Cl2N3O2S/c1-7-8(13(15)18(2)17-7)5-12(20)16-6-9(19)10-3-4-11(14)21-10/h3-4,9,19H,5-6H2,1-2H3,(H,16,20). The third-order valence-electron chi connectivity index (χ3n) is 3.02. The van der Waals surface area contributed by atoms with E-state index in [1.807, 2.05) is 0 Å². The number of nitrogens with one attached hydrogen (secondary N) is 1. The van der Waals surface area contributed by atoms with Crippen LogP contribution in [0.5, 0.6) is 0 Å². The van der Waals surface area contributed by atoms with E-state index in [0.29, 0.717) is 15.1 Å². The summed E-state index contributed by atoms with van der Waals surface area (Å²) in [6, 6.07) is 3.46. The molecule has 2 heterocycles. The van der Waals surface area contributed by atoms with E-state index < -0.39 is 6.10 Å². The molecule has 0 saturated carbocycles. The number of halogens is 2. The lowest BCUT2D eigenvalue weighted by atomic mass is 10.2. The fraction of sp³-hybridized carbons (Fsp3) is 0.385. The summed E-state index contributed by atoms with van der Waals surface area (Å²) in [6.45, 7) is 1.93. The first kappa shape index (κ1) is 16.3. The van der Waals surface area contributed by atoms with Gasteiger partial charge in [0.05, 0.1) is 16.5 Å². The number of aryl methyl sites for hydroxylation is 2. The molecule has 5 nitrogen and oxygen atoms in total. The molecule has 1 unspecified atom stereocenters. The molecule has 1 atom stereocenters. The molecule has 8 heteroatoms. The molecule has 0 bridgehead atoms. The Kier molecular flexibility index (Phi) is 5.27. The number of hydrogen-bond acceptors (Lipinski definition) is 4. The van der Waals surface area contributed by atoms with Crippen molar-refractivity contribution in [2.45, 2.75) is 19.4 Å². The van der Waals surface area contributed by atoms with Crippen molar-refractivity contribution in [2.24, 2.45) is 7.05 Å². The predicted octanol–water partition coefficient (Wildman–Crippen LogP) is 2.49. The van der Waals surface area contributed by atoms with Crippen LogP contribution in [-0.4, -0.2) is 27.3 Å². The highest BCUT2D eigenvalue weighted by Gasteiger charge is 2.16. The zero-order chi connectivity index (χ0) is 15.6. The molecule has 21 heavy (non-hydrogen) atoms. The first-order valence-electron chi connectivity index (χ1n) is 6.26. The van der Waals surface area contributed by atoms with Gasteiger partial charge in [0.2, 0.25) is 5.91 Å². The molecule has 0 fully saturated rings. The monoisotopic (exact) mass is 347 g/mol. The second-order valence-corrected chi connectivity index (χ2v) is 6.72. The van der Waals surface area contributed by atoms with Gasteiger partial charge >= 0.3 is 0 Å². The van der Waals surface area contributed by atoms with Gasteiger partial charge < -0.3 is 10.4 Å². The van der Waals surface area contributed by atoms with E-state index in [1.165, 1.54) is 16.0 Å². The molecule has 1 amide bonds. The molecule has 114 valence electrons. The van der Waals surface area contributed by atoms with Crippen molar-refractivity contribution >= 4 is 40.4 Å². The molecule has 0 radical (unpaired) electrons. The molecule has 0 aliphatic carbocycles. The number of hydrogen-bond donors (Lipinski definition) is 2. The van der Waals surface area contributed by atoms with Crippen molar-refractivity contribution in [3.05, 3.63) is 37.8 Å². The number of rotatable bonds is 5. The summed E-state index contributed by atoms with van der Waals surface area (Å²) in [5.74, 6) is -0.213. The number of carbonyl (C=O) groups excluding carboxylic acids is 1. The average Bonchev–Trinajstić information content (AvgIpc) is 2.96. The van der Waals surface area contributed by atoms with Crippen LogP contribution in [0.1, 0.15) is 22.2 Å². The summed E-state index contributed by atoms with van der Waals surface area (Å²) in [5, 5.41) is 17.2. The smallest absolute Gasteiger partial charge is 0.224 e. The lowest BCUT2D eigenvalue weighted by Crippen LogP contribution is -2.29. The largest absolute Gasteiger partial charge is 0.386 e. The van der Waals surface area contributed by atoms with E-state index in [0.717, 1.165) is 10.6 Å². The van der Waals surface area contributed by atoms with Gasteiger partial charge in [-0.15, -0.1) is 11.3 Å². The highest BCUT2D eigenvalue weighted by atomic mass is 35.5. The minimum absolute atomic E-state index is 0.132. The predicted molar refractivity (Wildman–Crippen MR) is 84.0 cm³/mol. The van der Waals surface area contributed by atoms with E-state index in [4.69, 9.17) is 23.2 Å². The number of aliphatic hydroxyl groups is 1. The molecule has 0 aromatic carbocycles. The Labute approximate surface area is 136 Å². The third-order valence-corrected chi connectivity index (χ3v) is 4.83. The van der Waals surface area contributed by atoms with Crippen LogP contribution >= 0.6 is 34.5 Å².